The maximum Gasteiger partial charge on any atom is 0.123 e. The summed E-state index contributed by atoms with van der Waals surface area (Å²) in [5.74, 6) is 1.30. The number of ether oxygens (including phenoxy) is 1. The molecule has 0 fully saturated rings. The summed E-state index contributed by atoms with van der Waals surface area (Å²) in [6, 6.07) is 10.1. The van der Waals surface area contributed by atoms with E-state index < -0.39 is 0 Å². The second-order valence-corrected chi connectivity index (χ2v) is 4.96. The van der Waals surface area contributed by atoms with Crippen molar-refractivity contribution in [3.8, 4) is 11.8 Å². The highest BCUT2D eigenvalue weighted by molar-refractivity contribution is 6.17. The molecule has 0 saturated heterocycles. The van der Waals surface area contributed by atoms with Crippen LogP contribution in [0, 0.1) is 16.7 Å². The minimum absolute atomic E-state index is 0.268. The zero-order valence-electron chi connectivity index (χ0n) is 10.4. The molecule has 0 saturated carbocycles. The largest absolute Gasteiger partial charge is 0.493 e. The molecular formula is C14H18ClNO. The molecule has 0 N–H and O–H groups in total. The SMILES string of the molecule is CC(C)(C#N)CCCOc1ccccc1CCl. The van der Waals surface area contributed by atoms with Crippen LogP contribution in [0.4, 0.5) is 0 Å². The number of hydrogen-bond acceptors (Lipinski definition) is 2. The number of alkyl halides is 1. The fourth-order valence-corrected chi connectivity index (χ4v) is 1.73. The Hall–Kier alpha value is -1.20. The van der Waals surface area contributed by atoms with E-state index in [-0.39, 0.29) is 5.41 Å². The molecule has 0 atom stereocenters. The Morgan fingerprint density at radius 2 is 2.06 bits per heavy atom. The van der Waals surface area contributed by atoms with E-state index in [1.165, 1.54) is 0 Å². The molecule has 0 aliphatic carbocycles. The number of halogens is 1. The molecule has 1 aromatic carbocycles. The lowest BCUT2D eigenvalue weighted by Crippen LogP contribution is -2.10. The summed E-state index contributed by atoms with van der Waals surface area (Å²) in [5.41, 5.74) is 0.740. The fraction of sp³-hybridized carbons (Fsp3) is 0.500. The van der Waals surface area contributed by atoms with Gasteiger partial charge < -0.3 is 4.74 Å². The number of hydrogen-bond donors (Lipinski definition) is 0. The zero-order chi connectivity index (χ0) is 12.7. The Balaban J connectivity index is 2.39. The Labute approximate surface area is 108 Å². The van der Waals surface area contributed by atoms with Gasteiger partial charge in [0, 0.05) is 5.56 Å². The Bertz CT molecular complexity index is 395. The van der Waals surface area contributed by atoms with Gasteiger partial charge in [0.1, 0.15) is 5.75 Å². The van der Waals surface area contributed by atoms with E-state index in [9.17, 15) is 0 Å². The molecule has 0 spiro atoms. The maximum absolute atomic E-state index is 8.88. The van der Waals surface area contributed by atoms with Crippen molar-refractivity contribution in [2.24, 2.45) is 5.41 Å². The Morgan fingerprint density at radius 1 is 1.35 bits per heavy atom. The van der Waals surface area contributed by atoms with Crippen molar-refractivity contribution in [1.29, 1.82) is 5.26 Å². The first-order valence-corrected chi connectivity index (χ1v) is 6.30. The third-order valence-electron chi connectivity index (χ3n) is 2.62. The molecule has 1 rings (SSSR count). The highest BCUT2D eigenvalue weighted by atomic mass is 35.5. The van der Waals surface area contributed by atoms with E-state index >= 15 is 0 Å². The predicted octanol–water partition coefficient (Wildman–Crippen LogP) is 4.13. The van der Waals surface area contributed by atoms with E-state index in [4.69, 9.17) is 21.6 Å². The van der Waals surface area contributed by atoms with Gasteiger partial charge in [-0.05, 0) is 32.8 Å². The van der Waals surface area contributed by atoms with Gasteiger partial charge in [0.15, 0.2) is 0 Å². The quantitative estimate of drug-likeness (QED) is 0.562. The van der Waals surface area contributed by atoms with Gasteiger partial charge in [0.2, 0.25) is 0 Å². The highest BCUT2D eigenvalue weighted by Crippen LogP contribution is 2.23. The van der Waals surface area contributed by atoms with Crippen LogP contribution >= 0.6 is 11.6 Å². The molecule has 17 heavy (non-hydrogen) atoms. The van der Waals surface area contributed by atoms with Crippen molar-refractivity contribution in [3.05, 3.63) is 29.8 Å². The smallest absolute Gasteiger partial charge is 0.123 e. The van der Waals surface area contributed by atoms with Crippen molar-refractivity contribution < 1.29 is 4.74 Å². The van der Waals surface area contributed by atoms with E-state index in [0.717, 1.165) is 24.2 Å². The molecular weight excluding hydrogens is 234 g/mol. The summed E-state index contributed by atoms with van der Waals surface area (Å²) >= 11 is 5.82. The summed E-state index contributed by atoms with van der Waals surface area (Å²) in [5, 5.41) is 8.88. The number of nitrogens with zero attached hydrogens (tertiary/aromatic N) is 1. The first-order valence-electron chi connectivity index (χ1n) is 5.77. The van der Waals surface area contributed by atoms with Crippen LogP contribution in [-0.2, 0) is 5.88 Å². The van der Waals surface area contributed by atoms with Crippen LogP contribution in [0.5, 0.6) is 5.75 Å². The minimum Gasteiger partial charge on any atom is -0.493 e. The second-order valence-electron chi connectivity index (χ2n) is 4.69. The normalized spacial score (nSPS) is 10.9. The van der Waals surface area contributed by atoms with Gasteiger partial charge in [-0.2, -0.15) is 5.26 Å². The van der Waals surface area contributed by atoms with Crippen molar-refractivity contribution in [2.45, 2.75) is 32.6 Å². The lowest BCUT2D eigenvalue weighted by Gasteiger charge is -2.15. The first kappa shape index (κ1) is 13.9. The van der Waals surface area contributed by atoms with Crippen molar-refractivity contribution in [3.63, 3.8) is 0 Å². The maximum atomic E-state index is 8.88. The third kappa shape index (κ3) is 4.66. The molecule has 1 aromatic rings. The molecule has 3 heteroatoms. The molecule has 0 bridgehead atoms. The zero-order valence-corrected chi connectivity index (χ0v) is 11.1. The Kier molecular flexibility index (Phi) is 5.31. The predicted molar refractivity (Wildman–Crippen MR) is 70.1 cm³/mol. The molecule has 0 radical (unpaired) electrons. The van der Waals surface area contributed by atoms with Crippen LogP contribution in [0.25, 0.3) is 0 Å². The van der Waals surface area contributed by atoms with Gasteiger partial charge in [0.25, 0.3) is 0 Å². The molecule has 0 aliphatic heterocycles. The van der Waals surface area contributed by atoms with E-state index in [1.54, 1.807) is 0 Å². The molecule has 0 heterocycles. The molecule has 92 valence electrons. The van der Waals surface area contributed by atoms with E-state index in [0.29, 0.717) is 12.5 Å². The monoisotopic (exact) mass is 251 g/mol. The van der Waals surface area contributed by atoms with Crippen LogP contribution in [0.1, 0.15) is 32.3 Å². The number of para-hydroxylation sites is 1. The van der Waals surface area contributed by atoms with Gasteiger partial charge in [-0.1, -0.05) is 18.2 Å². The summed E-state index contributed by atoms with van der Waals surface area (Å²) in [6.07, 6.45) is 1.71. The fourth-order valence-electron chi connectivity index (χ4n) is 1.51. The average Bonchev–Trinajstić information content (AvgIpc) is 2.35. The van der Waals surface area contributed by atoms with E-state index in [2.05, 4.69) is 6.07 Å². The van der Waals surface area contributed by atoms with Gasteiger partial charge >= 0.3 is 0 Å². The van der Waals surface area contributed by atoms with Crippen molar-refractivity contribution in [2.75, 3.05) is 6.61 Å². The van der Waals surface area contributed by atoms with Crippen LogP contribution in [-0.4, -0.2) is 6.61 Å². The lowest BCUT2D eigenvalue weighted by molar-refractivity contribution is 0.282. The van der Waals surface area contributed by atoms with Crippen LogP contribution < -0.4 is 4.74 Å². The average molecular weight is 252 g/mol. The van der Waals surface area contributed by atoms with Gasteiger partial charge in [0.05, 0.1) is 24.0 Å². The lowest BCUT2D eigenvalue weighted by atomic mass is 9.90. The summed E-state index contributed by atoms with van der Waals surface area (Å²) in [6.45, 7) is 4.51. The van der Waals surface area contributed by atoms with Gasteiger partial charge in [-0.25, -0.2) is 0 Å². The molecule has 0 aromatic heterocycles. The van der Waals surface area contributed by atoms with Gasteiger partial charge in [-0.3, -0.25) is 0 Å². The molecule has 0 amide bonds. The first-order chi connectivity index (χ1) is 8.09. The van der Waals surface area contributed by atoms with Crippen LogP contribution in [0.15, 0.2) is 24.3 Å². The van der Waals surface area contributed by atoms with Crippen LogP contribution in [0.3, 0.4) is 0 Å². The van der Waals surface area contributed by atoms with Crippen molar-refractivity contribution >= 4 is 11.6 Å². The van der Waals surface area contributed by atoms with Gasteiger partial charge in [-0.15, -0.1) is 11.6 Å². The topological polar surface area (TPSA) is 33.0 Å². The molecule has 0 aliphatic rings. The summed E-state index contributed by atoms with van der Waals surface area (Å²) in [7, 11) is 0. The third-order valence-corrected chi connectivity index (χ3v) is 2.91. The number of benzene rings is 1. The standard InChI is InChI=1S/C14H18ClNO/c1-14(2,11-16)8-5-9-17-13-7-4-3-6-12(13)10-15/h3-4,6-7H,5,8-10H2,1-2H3. The van der Waals surface area contributed by atoms with Crippen molar-refractivity contribution in [1.82, 2.24) is 0 Å². The Morgan fingerprint density at radius 3 is 2.71 bits per heavy atom. The van der Waals surface area contributed by atoms with E-state index in [1.807, 2.05) is 38.1 Å². The second kappa shape index (κ2) is 6.51. The summed E-state index contributed by atoms with van der Waals surface area (Å²) < 4.78 is 5.67. The minimum atomic E-state index is -0.268. The van der Waals surface area contributed by atoms with Crippen LogP contribution in [0.2, 0.25) is 0 Å². The number of rotatable bonds is 6. The summed E-state index contributed by atoms with van der Waals surface area (Å²) in [4.78, 5) is 0. The molecule has 0 unspecified atom stereocenters. The number of nitriles is 1. The highest BCUT2D eigenvalue weighted by Gasteiger charge is 2.15. The molecule has 2 nitrogen and oxygen atoms in total.